The second-order valence-electron chi connectivity index (χ2n) is 8.57. The minimum Gasteiger partial charge on any atom is -0.0651 e. The summed E-state index contributed by atoms with van der Waals surface area (Å²) in [5.74, 6) is 0.950. The van der Waals surface area contributed by atoms with Gasteiger partial charge in [0.2, 0.25) is 0 Å². The van der Waals surface area contributed by atoms with Gasteiger partial charge in [-0.15, -0.1) is 0 Å². The van der Waals surface area contributed by atoms with E-state index in [1.165, 1.54) is 128 Å². The van der Waals surface area contributed by atoms with E-state index in [-0.39, 0.29) is 0 Å². The van der Waals surface area contributed by atoms with Crippen LogP contribution in [0.15, 0.2) is 0 Å². The Balaban J connectivity index is 3.07. The molecule has 0 aromatic rings. The minimum atomic E-state index is 0.950. The van der Waals surface area contributed by atoms with Crippen molar-refractivity contribution >= 4 is 0 Å². The summed E-state index contributed by atoms with van der Waals surface area (Å²) in [6, 6.07) is 0. The summed E-state index contributed by atoms with van der Waals surface area (Å²) in [5.41, 5.74) is 0. The van der Waals surface area contributed by atoms with E-state index in [9.17, 15) is 0 Å². The Morgan fingerprint density at radius 2 is 0.769 bits per heavy atom. The third-order valence-electron chi connectivity index (χ3n) is 6.05. The van der Waals surface area contributed by atoms with Crippen molar-refractivity contribution < 1.29 is 0 Å². The molecule has 1 atom stereocenters. The minimum absolute atomic E-state index is 0.950. The van der Waals surface area contributed by atoms with Crippen molar-refractivity contribution in [1.29, 1.82) is 0 Å². The molecule has 0 rings (SSSR count). The van der Waals surface area contributed by atoms with E-state index in [0.29, 0.717) is 0 Å². The van der Waals surface area contributed by atoms with Crippen LogP contribution in [0.1, 0.15) is 148 Å². The Hall–Kier alpha value is 0. The molecule has 0 aromatic heterocycles. The van der Waals surface area contributed by atoms with E-state index in [0.717, 1.165) is 18.8 Å². The van der Waals surface area contributed by atoms with Crippen molar-refractivity contribution in [2.24, 2.45) is 5.92 Å². The molecule has 0 heterocycles. The smallest absolute Gasteiger partial charge is 0.0417 e. The number of unbranched alkanes of at least 4 members (excludes halogenated alkanes) is 17. The number of hydrogen-bond acceptors (Lipinski definition) is 0. The van der Waals surface area contributed by atoms with Crippen molar-refractivity contribution in [1.82, 2.24) is 0 Å². The number of hydrogen-bond donors (Lipinski definition) is 0. The lowest BCUT2D eigenvalue weighted by molar-refractivity contribution is 0.413. The van der Waals surface area contributed by atoms with Crippen molar-refractivity contribution in [3.63, 3.8) is 0 Å². The highest BCUT2D eigenvalue weighted by Crippen LogP contribution is 2.20. The first-order valence-corrected chi connectivity index (χ1v) is 12.4. The summed E-state index contributed by atoms with van der Waals surface area (Å²) in [6.45, 7) is 10.3. The van der Waals surface area contributed by atoms with Gasteiger partial charge in [-0.3, -0.25) is 0 Å². The van der Waals surface area contributed by atoms with Crippen LogP contribution in [0.2, 0.25) is 0 Å². The highest BCUT2D eigenvalue weighted by atomic mass is 14.1. The van der Waals surface area contributed by atoms with E-state index in [1.807, 2.05) is 0 Å². The summed E-state index contributed by atoms with van der Waals surface area (Å²) < 4.78 is 0. The summed E-state index contributed by atoms with van der Waals surface area (Å²) >= 11 is 0. The first-order valence-electron chi connectivity index (χ1n) is 12.4. The molecular formula is C26H52. The molecule has 0 saturated carbocycles. The zero-order chi connectivity index (χ0) is 19.1. The quantitative estimate of drug-likeness (QED) is 0.168. The maximum absolute atomic E-state index is 4.00. The zero-order valence-corrected chi connectivity index (χ0v) is 18.5. The topological polar surface area (TPSA) is 0 Å². The third kappa shape index (κ3) is 20.3. The summed E-state index contributed by atoms with van der Waals surface area (Å²) in [4.78, 5) is 0. The van der Waals surface area contributed by atoms with E-state index < -0.39 is 0 Å². The molecule has 0 saturated heterocycles. The van der Waals surface area contributed by atoms with Crippen molar-refractivity contribution in [3.05, 3.63) is 13.8 Å². The molecular weight excluding hydrogens is 312 g/mol. The Morgan fingerprint density at radius 1 is 0.423 bits per heavy atom. The van der Waals surface area contributed by atoms with Gasteiger partial charge in [-0.1, -0.05) is 162 Å². The molecule has 0 amide bonds. The maximum atomic E-state index is 4.00. The molecule has 2 radical (unpaired) electrons. The number of rotatable bonds is 22. The summed E-state index contributed by atoms with van der Waals surface area (Å²) in [7, 11) is 0. The Bertz CT molecular complexity index is 232. The highest BCUT2D eigenvalue weighted by molar-refractivity contribution is 4.59. The van der Waals surface area contributed by atoms with Gasteiger partial charge >= 0.3 is 0 Å². The Labute approximate surface area is 168 Å². The molecule has 0 heteroatoms. The fraction of sp³-hybridized carbons (Fsp3) is 0.923. The molecule has 0 aliphatic heterocycles. The lowest BCUT2D eigenvalue weighted by atomic mass is 9.94. The Kier molecular flexibility index (Phi) is 23.0. The molecule has 0 nitrogen and oxygen atoms in total. The van der Waals surface area contributed by atoms with E-state index in [4.69, 9.17) is 0 Å². The zero-order valence-electron chi connectivity index (χ0n) is 18.5. The molecule has 0 fully saturated rings. The predicted molar refractivity (Wildman–Crippen MR) is 121 cm³/mol. The maximum Gasteiger partial charge on any atom is -0.0417 e. The first kappa shape index (κ1) is 26.0. The third-order valence-corrected chi connectivity index (χ3v) is 6.05. The molecule has 0 N–H and O–H groups in total. The van der Waals surface area contributed by atoms with Crippen LogP contribution in [-0.4, -0.2) is 0 Å². The Morgan fingerprint density at radius 3 is 1.08 bits per heavy atom. The average molecular weight is 365 g/mol. The molecule has 1 unspecified atom stereocenters. The van der Waals surface area contributed by atoms with Crippen LogP contribution in [0.25, 0.3) is 0 Å². The molecule has 0 aliphatic rings. The summed E-state index contributed by atoms with van der Waals surface area (Å²) in [6.07, 6.45) is 31.1. The standard InChI is InChI=1S/C26H52/c1-4-7-8-9-10-11-12-13-14-15-16-17-18-19-20-21-22-23-25-26(6-3)24-5-2/h26H,1-2,4-25H2,3H3. The lowest BCUT2D eigenvalue weighted by Crippen LogP contribution is -1.98. The molecule has 26 heavy (non-hydrogen) atoms. The van der Waals surface area contributed by atoms with Crippen LogP contribution in [0.4, 0.5) is 0 Å². The molecule has 156 valence electrons. The van der Waals surface area contributed by atoms with Gasteiger partial charge in [0, 0.05) is 0 Å². The lowest BCUT2D eigenvalue weighted by Gasteiger charge is -2.12. The second kappa shape index (κ2) is 23.0. The monoisotopic (exact) mass is 364 g/mol. The highest BCUT2D eigenvalue weighted by Gasteiger charge is 2.04. The van der Waals surface area contributed by atoms with Gasteiger partial charge in [-0.25, -0.2) is 0 Å². The van der Waals surface area contributed by atoms with Gasteiger partial charge in [0.1, 0.15) is 0 Å². The first-order chi connectivity index (χ1) is 12.8. The molecule has 0 aliphatic carbocycles. The largest absolute Gasteiger partial charge is 0.0651 e. The summed E-state index contributed by atoms with van der Waals surface area (Å²) in [5, 5.41) is 0. The van der Waals surface area contributed by atoms with Crippen LogP contribution in [0.5, 0.6) is 0 Å². The van der Waals surface area contributed by atoms with Gasteiger partial charge in [0.25, 0.3) is 0 Å². The molecule has 0 aromatic carbocycles. The van der Waals surface area contributed by atoms with Gasteiger partial charge in [-0.2, -0.15) is 0 Å². The van der Waals surface area contributed by atoms with Crippen molar-refractivity contribution in [2.45, 2.75) is 148 Å². The fourth-order valence-corrected chi connectivity index (χ4v) is 4.10. The van der Waals surface area contributed by atoms with Crippen LogP contribution >= 0.6 is 0 Å². The van der Waals surface area contributed by atoms with E-state index in [1.54, 1.807) is 0 Å². The van der Waals surface area contributed by atoms with E-state index >= 15 is 0 Å². The SMILES string of the molecule is [CH2]CCCCCCCCCCCCCCCCCCCC(CC)CC[CH2]. The van der Waals surface area contributed by atoms with Crippen molar-refractivity contribution in [3.8, 4) is 0 Å². The van der Waals surface area contributed by atoms with Gasteiger partial charge < -0.3 is 0 Å². The van der Waals surface area contributed by atoms with Crippen LogP contribution in [-0.2, 0) is 0 Å². The van der Waals surface area contributed by atoms with Crippen molar-refractivity contribution in [2.75, 3.05) is 0 Å². The van der Waals surface area contributed by atoms with Crippen LogP contribution in [0, 0.1) is 19.8 Å². The van der Waals surface area contributed by atoms with Crippen LogP contribution < -0.4 is 0 Å². The van der Waals surface area contributed by atoms with E-state index in [2.05, 4.69) is 20.8 Å². The van der Waals surface area contributed by atoms with Gasteiger partial charge in [-0.05, 0) is 5.92 Å². The average Bonchev–Trinajstić information content (AvgIpc) is 2.66. The molecule has 0 bridgehead atoms. The fourth-order valence-electron chi connectivity index (χ4n) is 4.10. The van der Waals surface area contributed by atoms with Gasteiger partial charge in [0.15, 0.2) is 0 Å². The second-order valence-corrected chi connectivity index (χ2v) is 8.57. The van der Waals surface area contributed by atoms with Gasteiger partial charge in [0.05, 0.1) is 0 Å². The predicted octanol–water partition coefficient (Wildman–Crippen LogP) is 9.87. The molecule has 0 spiro atoms. The van der Waals surface area contributed by atoms with Crippen LogP contribution in [0.3, 0.4) is 0 Å². The normalized spacial score (nSPS) is 12.6.